The number of piperidine rings is 1. The number of likely N-dealkylation sites (tertiary alicyclic amines) is 1. The van der Waals surface area contributed by atoms with Gasteiger partial charge in [0.1, 0.15) is 0 Å². The standard InChI is InChI=1S/C25H34N2O2/c1-6-15-27-23(29)13-14-25(17-26(4)5)20-10-8-9-19(7-2)22(16-20)21(24(25)27)12-11-18(3)28/h7-12,16,18,24,28H,2,6,13-15,17H2,1,3-5H3/b12-11-. The Bertz CT molecular complexity index is 826. The fraction of sp³-hybridized carbons (Fsp3) is 0.480. The van der Waals surface area contributed by atoms with Gasteiger partial charge in [-0.3, -0.25) is 4.79 Å². The van der Waals surface area contributed by atoms with E-state index in [-0.39, 0.29) is 17.4 Å². The largest absolute Gasteiger partial charge is 0.389 e. The topological polar surface area (TPSA) is 43.8 Å². The minimum atomic E-state index is -0.546. The molecule has 0 aromatic heterocycles. The summed E-state index contributed by atoms with van der Waals surface area (Å²) in [5.41, 5.74) is 4.37. The highest BCUT2D eigenvalue weighted by Crippen LogP contribution is 2.52. The van der Waals surface area contributed by atoms with Gasteiger partial charge in [0.25, 0.3) is 0 Å². The van der Waals surface area contributed by atoms with Crippen LogP contribution in [-0.2, 0) is 4.79 Å². The molecule has 2 aliphatic carbocycles. The number of hydrogen-bond acceptors (Lipinski definition) is 3. The quantitative estimate of drug-likeness (QED) is 0.714. The number of aliphatic hydroxyl groups excluding tert-OH is 1. The second kappa shape index (κ2) is 8.68. The molecule has 4 heteroatoms. The molecular formula is C25H34N2O2. The molecule has 29 heavy (non-hydrogen) atoms. The molecule has 0 aromatic rings. The molecule has 3 aliphatic rings. The van der Waals surface area contributed by atoms with Crippen LogP contribution >= 0.6 is 0 Å². The molecule has 0 saturated carbocycles. The number of allylic oxidation sites excluding steroid dienone is 7. The third-order valence-corrected chi connectivity index (χ3v) is 6.12. The van der Waals surface area contributed by atoms with E-state index in [0.29, 0.717) is 6.42 Å². The molecule has 3 atom stereocenters. The summed E-state index contributed by atoms with van der Waals surface area (Å²) in [5.74, 6) is 0.224. The number of amides is 1. The molecule has 1 aliphatic heterocycles. The summed E-state index contributed by atoms with van der Waals surface area (Å²) in [6.45, 7) is 9.50. The maximum atomic E-state index is 13.1. The van der Waals surface area contributed by atoms with Crippen molar-refractivity contribution in [2.24, 2.45) is 5.41 Å². The van der Waals surface area contributed by atoms with Crippen LogP contribution in [0.4, 0.5) is 0 Å². The number of aliphatic hydroxyl groups is 1. The highest BCUT2D eigenvalue weighted by atomic mass is 16.3. The Hall–Kier alpha value is -2.17. The second-order valence-electron chi connectivity index (χ2n) is 8.64. The molecule has 3 rings (SSSR count). The smallest absolute Gasteiger partial charge is 0.223 e. The lowest BCUT2D eigenvalue weighted by molar-refractivity contribution is -0.140. The lowest BCUT2D eigenvalue weighted by Crippen LogP contribution is -2.60. The number of nitrogens with zero attached hydrogens (tertiary/aromatic N) is 2. The van der Waals surface area contributed by atoms with Crippen LogP contribution in [0.2, 0.25) is 0 Å². The molecular weight excluding hydrogens is 360 g/mol. The van der Waals surface area contributed by atoms with Crippen molar-refractivity contribution in [3.8, 4) is 0 Å². The van der Waals surface area contributed by atoms with Crippen LogP contribution in [0.1, 0.15) is 33.1 Å². The fourth-order valence-electron chi connectivity index (χ4n) is 5.08. The van der Waals surface area contributed by atoms with E-state index < -0.39 is 6.10 Å². The zero-order valence-corrected chi connectivity index (χ0v) is 18.2. The van der Waals surface area contributed by atoms with Gasteiger partial charge in [0, 0.05) is 24.9 Å². The Labute approximate surface area is 175 Å². The predicted molar refractivity (Wildman–Crippen MR) is 119 cm³/mol. The van der Waals surface area contributed by atoms with Gasteiger partial charge in [-0.25, -0.2) is 0 Å². The van der Waals surface area contributed by atoms with Crippen molar-refractivity contribution >= 4 is 5.91 Å². The van der Waals surface area contributed by atoms with Gasteiger partial charge in [0.15, 0.2) is 0 Å². The number of carbonyl (C=O) groups is 1. The molecule has 1 heterocycles. The molecule has 1 fully saturated rings. The van der Waals surface area contributed by atoms with E-state index in [1.807, 2.05) is 18.2 Å². The van der Waals surface area contributed by atoms with Crippen LogP contribution < -0.4 is 0 Å². The average molecular weight is 395 g/mol. The first-order valence-corrected chi connectivity index (χ1v) is 10.6. The molecule has 0 radical (unpaired) electrons. The Balaban J connectivity index is 2.30. The maximum absolute atomic E-state index is 13.1. The molecule has 0 spiro atoms. The lowest BCUT2D eigenvalue weighted by atomic mass is 9.61. The maximum Gasteiger partial charge on any atom is 0.223 e. The average Bonchev–Trinajstić information content (AvgIpc) is 2.86. The molecule has 3 unspecified atom stereocenters. The molecule has 1 N–H and O–H groups in total. The van der Waals surface area contributed by atoms with Crippen molar-refractivity contribution < 1.29 is 9.90 Å². The second-order valence-corrected chi connectivity index (χ2v) is 8.64. The van der Waals surface area contributed by atoms with Crippen molar-refractivity contribution in [1.29, 1.82) is 0 Å². The van der Waals surface area contributed by atoms with Gasteiger partial charge in [-0.1, -0.05) is 56.0 Å². The Morgan fingerprint density at radius 2 is 2.21 bits per heavy atom. The number of fused-ring (bicyclic) bond motifs is 3. The molecule has 0 aromatic carbocycles. The van der Waals surface area contributed by atoms with Crippen molar-refractivity contribution in [3.63, 3.8) is 0 Å². The van der Waals surface area contributed by atoms with Gasteiger partial charge in [-0.2, -0.15) is 0 Å². The Kier molecular flexibility index (Phi) is 6.45. The normalized spacial score (nSPS) is 27.7. The molecule has 156 valence electrons. The van der Waals surface area contributed by atoms with Gasteiger partial charge in [-0.05, 0) is 56.2 Å². The minimum absolute atomic E-state index is 0.0535. The third-order valence-electron chi connectivity index (χ3n) is 6.12. The van der Waals surface area contributed by atoms with E-state index in [0.717, 1.165) is 42.7 Å². The van der Waals surface area contributed by atoms with Gasteiger partial charge in [0.05, 0.1) is 12.1 Å². The van der Waals surface area contributed by atoms with Crippen molar-refractivity contribution in [2.75, 3.05) is 27.2 Å². The van der Waals surface area contributed by atoms with E-state index in [2.05, 4.69) is 61.7 Å². The first-order valence-electron chi connectivity index (χ1n) is 10.6. The molecule has 4 nitrogen and oxygen atoms in total. The molecule has 1 saturated heterocycles. The Morgan fingerprint density at radius 1 is 1.45 bits per heavy atom. The van der Waals surface area contributed by atoms with E-state index in [1.165, 1.54) is 5.57 Å². The SMILES string of the molecule is C=CC1=CC=CC2=CC1=C(/C=C\C(C)O)C1N(CCC)C(=O)CCC21CN(C)C. The van der Waals surface area contributed by atoms with Crippen LogP contribution in [0.3, 0.4) is 0 Å². The summed E-state index contributed by atoms with van der Waals surface area (Å²) >= 11 is 0. The summed E-state index contributed by atoms with van der Waals surface area (Å²) in [7, 11) is 4.21. The van der Waals surface area contributed by atoms with Crippen molar-refractivity contribution in [3.05, 3.63) is 71.4 Å². The van der Waals surface area contributed by atoms with E-state index >= 15 is 0 Å². The first kappa shape index (κ1) is 21.5. The first-order chi connectivity index (χ1) is 13.8. The highest BCUT2D eigenvalue weighted by Gasteiger charge is 2.52. The van der Waals surface area contributed by atoms with Crippen LogP contribution in [0.25, 0.3) is 0 Å². The zero-order valence-electron chi connectivity index (χ0n) is 18.2. The van der Waals surface area contributed by atoms with Crippen molar-refractivity contribution in [1.82, 2.24) is 9.80 Å². The third kappa shape index (κ3) is 3.96. The number of carbonyl (C=O) groups excluding carboxylic acids is 1. The van der Waals surface area contributed by atoms with E-state index in [4.69, 9.17) is 0 Å². The monoisotopic (exact) mass is 394 g/mol. The van der Waals surface area contributed by atoms with Crippen LogP contribution in [0.15, 0.2) is 71.4 Å². The molecule has 1 amide bonds. The summed E-state index contributed by atoms with van der Waals surface area (Å²) in [6, 6.07) is -0.0535. The van der Waals surface area contributed by atoms with E-state index in [9.17, 15) is 9.90 Å². The van der Waals surface area contributed by atoms with Gasteiger partial charge in [0.2, 0.25) is 5.91 Å². The molecule has 2 bridgehead atoms. The number of rotatable bonds is 7. The predicted octanol–water partition coefficient (Wildman–Crippen LogP) is 3.79. The van der Waals surface area contributed by atoms with Crippen LogP contribution in [0.5, 0.6) is 0 Å². The highest BCUT2D eigenvalue weighted by molar-refractivity contribution is 5.80. The fourth-order valence-corrected chi connectivity index (χ4v) is 5.08. The van der Waals surface area contributed by atoms with Gasteiger partial charge < -0.3 is 14.9 Å². The van der Waals surface area contributed by atoms with E-state index in [1.54, 1.807) is 6.92 Å². The van der Waals surface area contributed by atoms with Crippen LogP contribution in [-0.4, -0.2) is 60.1 Å². The Morgan fingerprint density at radius 3 is 2.83 bits per heavy atom. The summed E-state index contributed by atoms with van der Waals surface area (Å²) < 4.78 is 0. The number of hydrogen-bond donors (Lipinski definition) is 1. The minimum Gasteiger partial charge on any atom is -0.389 e. The zero-order chi connectivity index (χ0) is 21.2. The van der Waals surface area contributed by atoms with Crippen molar-refractivity contribution in [2.45, 2.75) is 45.3 Å². The lowest BCUT2D eigenvalue weighted by Gasteiger charge is -2.54. The summed E-state index contributed by atoms with van der Waals surface area (Å²) in [5, 5.41) is 9.95. The summed E-state index contributed by atoms with van der Waals surface area (Å²) in [6.07, 6.45) is 16.2. The van der Waals surface area contributed by atoms with Crippen LogP contribution in [0, 0.1) is 5.41 Å². The van der Waals surface area contributed by atoms with Gasteiger partial charge >= 0.3 is 0 Å². The summed E-state index contributed by atoms with van der Waals surface area (Å²) in [4.78, 5) is 17.4. The van der Waals surface area contributed by atoms with Gasteiger partial charge in [-0.15, -0.1) is 0 Å².